The van der Waals surface area contributed by atoms with Crippen LogP contribution >= 0.6 is 11.3 Å². The molecule has 0 fully saturated rings. The quantitative estimate of drug-likeness (QED) is 0.219. The lowest BCUT2D eigenvalue weighted by Gasteiger charge is -2.10. The number of aromatic nitrogens is 1. The summed E-state index contributed by atoms with van der Waals surface area (Å²) in [5.41, 5.74) is 3.03. The summed E-state index contributed by atoms with van der Waals surface area (Å²) in [4.78, 5) is 4.53. The Labute approximate surface area is 238 Å². The molecule has 2 heterocycles. The molecule has 0 amide bonds. The molecule has 0 atom stereocenters. The number of pyridine rings is 1. The topological polar surface area (TPSA) is 12.9 Å². The van der Waals surface area contributed by atoms with E-state index >= 15 is 4.39 Å². The minimum Gasteiger partial charge on any atom is -0.253 e. The van der Waals surface area contributed by atoms with Crippen molar-refractivity contribution in [2.45, 2.75) is 13.3 Å². The van der Waals surface area contributed by atoms with Gasteiger partial charge in [0.05, 0.1) is 11.9 Å². The molecule has 0 bridgehead atoms. The van der Waals surface area contributed by atoms with Crippen molar-refractivity contribution in [3.8, 4) is 11.3 Å². The summed E-state index contributed by atoms with van der Waals surface area (Å²) in [6, 6.07) is 36.2. The third kappa shape index (κ3) is 3.70. The average Bonchev–Trinajstić information content (AvgIpc) is 3.41. The van der Waals surface area contributed by atoms with Gasteiger partial charge >= 0.3 is 0 Å². The van der Waals surface area contributed by atoms with E-state index in [-0.39, 0.29) is 5.56 Å². The summed E-state index contributed by atoms with van der Waals surface area (Å²) in [7, 11) is 0. The van der Waals surface area contributed by atoms with Crippen molar-refractivity contribution in [1.82, 2.24) is 4.98 Å². The predicted octanol–water partition coefficient (Wildman–Crippen LogP) is 10.6. The highest BCUT2D eigenvalue weighted by Gasteiger charge is 2.18. The van der Waals surface area contributed by atoms with Crippen LogP contribution in [0.4, 0.5) is 4.39 Å². The van der Waals surface area contributed by atoms with E-state index in [2.05, 4.69) is 66.5 Å². The summed E-state index contributed by atoms with van der Waals surface area (Å²) in [5.74, 6) is -0.661. The molecule has 0 aliphatic rings. The fourth-order valence-corrected chi connectivity index (χ4v) is 7.20. The molecule has 0 saturated carbocycles. The monoisotopic (exact) mass is 535 g/mol. The summed E-state index contributed by atoms with van der Waals surface area (Å²) in [6.07, 6.45) is -0.897. The van der Waals surface area contributed by atoms with Crippen molar-refractivity contribution in [2.24, 2.45) is 0 Å². The van der Waals surface area contributed by atoms with Gasteiger partial charge in [-0.15, -0.1) is 11.3 Å². The van der Waals surface area contributed by atoms with Gasteiger partial charge in [0.1, 0.15) is 5.82 Å². The Morgan fingerprint density at radius 2 is 1.45 bits per heavy atom. The lowest BCUT2D eigenvalue weighted by atomic mass is 9.96. The Bertz CT molecular complexity index is 2370. The van der Waals surface area contributed by atoms with Gasteiger partial charge in [0, 0.05) is 34.9 Å². The molecule has 1 nitrogen and oxygen atoms in total. The lowest BCUT2D eigenvalue weighted by molar-refractivity contribution is 0.608. The SMILES string of the molecule is [2H]C([2H])(c1ccc2ccccc2c1)c1cc(-c2cc3ccccc3c3c2sc2c4ccc(C)cc4ccc23)ncc1F. The van der Waals surface area contributed by atoms with Gasteiger partial charge in [0.2, 0.25) is 0 Å². The lowest BCUT2D eigenvalue weighted by Crippen LogP contribution is -1.96. The smallest absolute Gasteiger partial charge is 0.145 e. The molecule has 6 aromatic carbocycles. The first-order chi connectivity index (χ1) is 20.4. The Balaban J connectivity index is 1.39. The molecule has 0 aliphatic heterocycles. The Morgan fingerprint density at radius 1 is 0.700 bits per heavy atom. The molecule has 0 N–H and O–H groups in total. The minimum atomic E-state index is -2.06. The van der Waals surface area contributed by atoms with Crippen molar-refractivity contribution >= 4 is 63.8 Å². The van der Waals surface area contributed by atoms with Crippen LogP contribution in [0.1, 0.15) is 19.4 Å². The van der Waals surface area contributed by atoms with Gasteiger partial charge in [0.25, 0.3) is 0 Å². The van der Waals surface area contributed by atoms with Gasteiger partial charge in [-0.3, -0.25) is 4.98 Å². The standard InChI is InChI=1S/C37H24FNS/c1-22-10-14-30-27(16-22)13-15-31-35-29-9-5-4-8-26(29)19-32(37(35)40-36(30)31)34-20-28(33(38)21-39-34)18-23-11-12-24-6-2-3-7-25(24)17-23/h2-17,19-21H,18H2,1H3/i18D2. The molecule has 190 valence electrons. The number of rotatable bonds is 3. The fourth-order valence-electron chi connectivity index (χ4n) is 5.83. The number of nitrogens with zero attached hydrogens (tertiary/aromatic N) is 1. The number of halogens is 1. The zero-order chi connectivity index (χ0) is 28.6. The molecule has 3 heteroatoms. The van der Waals surface area contributed by atoms with Crippen LogP contribution in [0.2, 0.25) is 0 Å². The molecule has 0 unspecified atom stereocenters. The van der Waals surface area contributed by atoms with E-state index in [9.17, 15) is 0 Å². The van der Waals surface area contributed by atoms with Gasteiger partial charge < -0.3 is 0 Å². The van der Waals surface area contributed by atoms with Crippen LogP contribution in [0.15, 0.2) is 115 Å². The van der Waals surface area contributed by atoms with Crippen molar-refractivity contribution < 1.29 is 7.13 Å². The number of aryl methyl sites for hydroxylation is 1. The van der Waals surface area contributed by atoms with Crippen LogP contribution in [0.25, 0.3) is 63.7 Å². The van der Waals surface area contributed by atoms with Crippen molar-refractivity contribution in [1.29, 1.82) is 0 Å². The number of hydrogen-bond acceptors (Lipinski definition) is 2. The normalized spacial score (nSPS) is 12.9. The van der Waals surface area contributed by atoms with E-state index < -0.39 is 12.2 Å². The van der Waals surface area contributed by atoms with Crippen molar-refractivity contribution in [3.63, 3.8) is 0 Å². The fraction of sp³-hybridized carbons (Fsp3) is 0.0541. The van der Waals surface area contributed by atoms with E-state index in [0.29, 0.717) is 11.3 Å². The summed E-state index contributed by atoms with van der Waals surface area (Å²) in [6.45, 7) is 2.11. The summed E-state index contributed by atoms with van der Waals surface area (Å²) < 4.78 is 35.8. The molecule has 8 rings (SSSR count). The average molecular weight is 536 g/mol. The summed E-state index contributed by atoms with van der Waals surface area (Å²) >= 11 is 1.72. The molecule has 0 aliphatic carbocycles. The van der Waals surface area contributed by atoms with Crippen molar-refractivity contribution in [2.75, 3.05) is 0 Å². The minimum absolute atomic E-state index is 0.0221. The van der Waals surface area contributed by atoms with Crippen LogP contribution in [-0.4, -0.2) is 4.98 Å². The first kappa shape index (κ1) is 21.2. The molecule has 40 heavy (non-hydrogen) atoms. The molecular weight excluding hydrogens is 509 g/mol. The highest BCUT2D eigenvalue weighted by Crippen LogP contribution is 2.46. The van der Waals surface area contributed by atoms with E-state index in [0.717, 1.165) is 43.4 Å². The van der Waals surface area contributed by atoms with E-state index in [1.54, 1.807) is 23.5 Å². The molecule has 0 radical (unpaired) electrons. The maximum atomic E-state index is 15.4. The molecular formula is C37H24FNS. The van der Waals surface area contributed by atoms with Gasteiger partial charge in [-0.25, -0.2) is 4.39 Å². The number of benzene rings is 6. The third-order valence-electron chi connectivity index (χ3n) is 7.76. The second-order valence-corrected chi connectivity index (χ2v) is 11.4. The Morgan fingerprint density at radius 3 is 2.35 bits per heavy atom. The molecule has 0 saturated heterocycles. The van der Waals surface area contributed by atoms with Crippen LogP contribution in [-0.2, 0) is 6.37 Å². The van der Waals surface area contributed by atoms with Gasteiger partial charge in [-0.05, 0) is 62.5 Å². The van der Waals surface area contributed by atoms with Crippen molar-refractivity contribution in [3.05, 3.63) is 138 Å². The Hall–Kier alpha value is -4.60. The van der Waals surface area contributed by atoms with E-state index in [4.69, 9.17) is 2.74 Å². The van der Waals surface area contributed by atoms with Crippen LogP contribution in [0, 0.1) is 12.7 Å². The number of hydrogen-bond donors (Lipinski definition) is 0. The maximum Gasteiger partial charge on any atom is 0.145 e. The van der Waals surface area contributed by atoms with Gasteiger partial charge in [-0.2, -0.15) is 0 Å². The highest BCUT2D eigenvalue weighted by molar-refractivity contribution is 7.27. The molecule has 2 aromatic heterocycles. The predicted molar refractivity (Wildman–Crippen MR) is 169 cm³/mol. The highest BCUT2D eigenvalue weighted by atomic mass is 32.1. The molecule has 0 spiro atoms. The first-order valence-corrected chi connectivity index (χ1v) is 14.1. The largest absolute Gasteiger partial charge is 0.253 e. The van der Waals surface area contributed by atoms with Crippen LogP contribution in [0.5, 0.6) is 0 Å². The van der Waals surface area contributed by atoms with E-state index in [1.165, 1.54) is 26.4 Å². The zero-order valence-electron chi connectivity index (χ0n) is 23.7. The maximum absolute atomic E-state index is 15.4. The second kappa shape index (κ2) is 8.97. The van der Waals surface area contributed by atoms with Gasteiger partial charge in [-0.1, -0.05) is 103 Å². The van der Waals surface area contributed by atoms with Gasteiger partial charge in [0.15, 0.2) is 0 Å². The molecule has 8 aromatic rings. The first-order valence-electron chi connectivity index (χ1n) is 14.3. The van der Waals surface area contributed by atoms with Crippen LogP contribution in [0.3, 0.4) is 0 Å². The van der Waals surface area contributed by atoms with Crippen LogP contribution < -0.4 is 0 Å². The third-order valence-corrected chi connectivity index (χ3v) is 9.03. The van der Waals surface area contributed by atoms with E-state index in [1.807, 2.05) is 42.5 Å². The number of thiophene rings is 1. The summed E-state index contributed by atoms with van der Waals surface area (Å²) in [5, 5.41) is 8.88. The second-order valence-electron chi connectivity index (χ2n) is 10.4. The number of fused-ring (bicyclic) bond motifs is 8. The zero-order valence-corrected chi connectivity index (χ0v) is 22.5. The Kier molecular flexibility index (Phi) is 4.77.